The Morgan fingerprint density at radius 2 is 1.76 bits per heavy atom. The molecule has 0 spiro atoms. The van der Waals surface area contributed by atoms with E-state index in [1.54, 1.807) is 7.11 Å². The van der Waals surface area contributed by atoms with Crippen molar-refractivity contribution < 1.29 is 14.3 Å². The molecule has 34 heavy (non-hydrogen) atoms. The summed E-state index contributed by atoms with van der Waals surface area (Å²) in [5.41, 5.74) is 1.80. The van der Waals surface area contributed by atoms with Crippen LogP contribution in [0.1, 0.15) is 24.2 Å². The highest BCUT2D eigenvalue weighted by molar-refractivity contribution is 9.10. The van der Waals surface area contributed by atoms with Crippen LogP contribution in [-0.4, -0.2) is 50.0 Å². The zero-order valence-electron chi connectivity index (χ0n) is 19.4. The van der Waals surface area contributed by atoms with Crippen LogP contribution in [0.5, 0.6) is 5.75 Å². The number of halogens is 2. The first-order valence-corrected chi connectivity index (χ1v) is 12.4. The Balaban J connectivity index is 1.62. The lowest BCUT2D eigenvalue weighted by atomic mass is 10.0. The van der Waals surface area contributed by atoms with Gasteiger partial charge in [0.1, 0.15) is 5.75 Å². The van der Waals surface area contributed by atoms with Crippen LogP contribution in [-0.2, 0) is 4.79 Å². The molecule has 1 heterocycles. The van der Waals surface area contributed by atoms with E-state index in [0.717, 1.165) is 20.9 Å². The molecule has 0 aliphatic carbocycles. The van der Waals surface area contributed by atoms with Gasteiger partial charge in [0.05, 0.1) is 33.5 Å². The first kappa shape index (κ1) is 24.4. The van der Waals surface area contributed by atoms with Gasteiger partial charge < -0.3 is 19.9 Å². The largest absolute Gasteiger partial charge is 0.495 e. The number of carbonyl (C=O) groups is 2. The fourth-order valence-corrected chi connectivity index (χ4v) is 5.33. The molecular formula is C26H27BrClN3O3. The highest BCUT2D eigenvalue weighted by atomic mass is 79.9. The lowest BCUT2D eigenvalue weighted by Crippen LogP contribution is -2.50. The topological polar surface area (TPSA) is 61.9 Å². The quantitative estimate of drug-likeness (QED) is 0.440. The van der Waals surface area contributed by atoms with Crippen molar-refractivity contribution in [3.63, 3.8) is 0 Å². The van der Waals surface area contributed by atoms with E-state index >= 15 is 0 Å². The zero-order chi connectivity index (χ0) is 24.4. The molecule has 3 aromatic carbocycles. The van der Waals surface area contributed by atoms with Crippen molar-refractivity contribution in [1.29, 1.82) is 0 Å². The second-order valence-electron chi connectivity index (χ2n) is 8.55. The maximum atomic E-state index is 13.4. The van der Waals surface area contributed by atoms with E-state index < -0.39 is 0 Å². The van der Waals surface area contributed by atoms with Crippen LogP contribution < -0.4 is 15.0 Å². The van der Waals surface area contributed by atoms with Gasteiger partial charge in [0.25, 0.3) is 5.91 Å². The lowest BCUT2D eigenvalue weighted by Gasteiger charge is -2.38. The lowest BCUT2D eigenvalue weighted by molar-refractivity contribution is -0.134. The third-order valence-corrected chi connectivity index (χ3v) is 7.12. The Morgan fingerprint density at radius 1 is 1.06 bits per heavy atom. The molecule has 0 radical (unpaired) electrons. The molecule has 1 fully saturated rings. The Bertz CT molecular complexity index is 1240. The Kier molecular flexibility index (Phi) is 7.33. The normalized spacial score (nSPS) is 13.9. The Hall–Kier alpha value is -2.77. The summed E-state index contributed by atoms with van der Waals surface area (Å²) in [7, 11) is 1.55. The minimum absolute atomic E-state index is 0.0297. The number of fused-ring (bicyclic) bond motifs is 1. The number of para-hydroxylation sites is 1. The molecule has 4 rings (SSSR count). The molecule has 1 saturated heterocycles. The highest BCUT2D eigenvalue weighted by Gasteiger charge is 2.26. The van der Waals surface area contributed by atoms with E-state index in [1.807, 2.05) is 67.3 Å². The summed E-state index contributed by atoms with van der Waals surface area (Å²) >= 11 is 10.2. The van der Waals surface area contributed by atoms with Gasteiger partial charge in [-0.05, 0) is 44.9 Å². The predicted octanol–water partition coefficient (Wildman–Crippen LogP) is 5.82. The fourth-order valence-electron chi connectivity index (χ4n) is 4.30. The second-order valence-corrected chi connectivity index (χ2v) is 9.75. The van der Waals surface area contributed by atoms with Gasteiger partial charge in [0.2, 0.25) is 5.91 Å². The van der Waals surface area contributed by atoms with Crippen molar-refractivity contribution >= 4 is 61.5 Å². The van der Waals surface area contributed by atoms with E-state index in [4.69, 9.17) is 16.3 Å². The van der Waals surface area contributed by atoms with Crippen molar-refractivity contribution in [3.05, 3.63) is 63.6 Å². The molecule has 2 amide bonds. The number of rotatable bonds is 5. The van der Waals surface area contributed by atoms with E-state index in [1.165, 1.54) is 0 Å². The van der Waals surface area contributed by atoms with Crippen molar-refractivity contribution in [2.75, 3.05) is 43.5 Å². The number of ether oxygens (including phenoxy) is 1. The highest BCUT2D eigenvalue weighted by Crippen LogP contribution is 2.39. The molecule has 1 N–H and O–H groups in total. The average Bonchev–Trinajstić information content (AvgIpc) is 2.83. The monoisotopic (exact) mass is 543 g/mol. The molecule has 1 aliphatic heterocycles. The summed E-state index contributed by atoms with van der Waals surface area (Å²) in [4.78, 5) is 29.8. The number of benzene rings is 3. The summed E-state index contributed by atoms with van der Waals surface area (Å²) in [5.74, 6) is 0.306. The van der Waals surface area contributed by atoms with Gasteiger partial charge in [0, 0.05) is 32.1 Å². The molecule has 178 valence electrons. The number of methoxy groups -OCH3 is 1. The Morgan fingerprint density at radius 3 is 2.44 bits per heavy atom. The second kappa shape index (κ2) is 10.2. The number of hydrogen-bond donors (Lipinski definition) is 1. The smallest absolute Gasteiger partial charge is 0.259 e. The number of piperazine rings is 1. The van der Waals surface area contributed by atoms with E-state index in [0.29, 0.717) is 48.2 Å². The number of nitrogens with zero attached hydrogens (tertiary/aromatic N) is 2. The van der Waals surface area contributed by atoms with Crippen molar-refractivity contribution in [3.8, 4) is 5.75 Å². The van der Waals surface area contributed by atoms with Gasteiger partial charge in [-0.25, -0.2) is 0 Å². The van der Waals surface area contributed by atoms with E-state index in [-0.39, 0.29) is 17.7 Å². The average molecular weight is 545 g/mol. The summed E-state index contributed by atoms with van der Waals surface area (Å²) in [6, 6.07) is 15.1. The SMILES string of the molecule is COc1c(C(=O)Nc2cccc(Cl)c2N2CCN(C(=O)C(C)C)CC2)cc2ccccc2c1Br. The van der Waals surface area contributed by atoms with E-state index in [9.17, 15) is 9.59 Å². The van der Waals surface area contributed by atoms with Crippen molar-refractivity contribution in [2.45, 2.75) is 13.8 Å². The predicted molar refractivity (Wildman–Crippen MR) is 141 cm³/mol. The summed E-state index contributed by atoms with van der Waals surface area (Å²) in [5, 5.41) is 5.48. The molecule has 0 saturated carbocycles. The summed E-state index contributed by atoms with van der Waals surface area (Å²) in [6.07, 6.45) is 0. The summed E-state index contributed by atoms with van der Waals surface area (Å²) < 4.78 is 6.32. The van der Waals surface area contributed by atoms with Crippen LogP contribution in [0.3, 0.4) is 0 Å². The zero-order valence-corrected chi connectivity index (χ0v) is 21.7. The first-order valence-electron chi connectivity index (χ1n) is 11.2. The molecule has 0 unspecified atom stereocenters. The molecule has 6 nitrogen and oxygen atoms in total. The number of hydrogen-bond acceptors (Lipinski definition) is 4. The van der Waals surface area contributed by atoms with Gasteiger partial charge in [-0.1, -0.05) is 55.8 Å². The Labute approximate surface area is 212 Å². The van der Waals surface area contributed by atoms with Gasteiger partial charge in [0.15, 0.2) is 0 Å². The number of anilines is 2. The van der Waals surface area contributed by atoms with Crippen LogP contribution >= 0.6 is 27.5 Å². The maximum Gasteiger partial charge on any atom is 0.259 e. The van der Waals surface area contributed by atoms with Gasteiger partial charge in [-0.15, -0.1) is 0 Å². The van der Waals surface area contributed by atoms with Crippen molar-refractivity contribution in [1.82, 2.24) is 4.90 Å². The minimum atomic E-state index is -0.291. The fraction of sp³-hybridized carbons (Fsp3) is 0.308. The molecule has 0 bridgehead atoms. The molecule has 3 aromatic rings. The maximum absolute atomic E-state index is 13.4. The molecule has 8 heteroatoms. The molecular weight excluding hydrogens is 518 g/mol. The van der Waals surface area contributed by atoms with E-state index in [2.05, 4.69) is 26.1 Å². The minimum Gasteiger partial charge on any atom is -0.495 e. The van der Waals surface area contributed by atoms with Crippen LogP contribution in [0.15, 0.2) is 53.0 Å². The van der Waals surface area contributed by atoms with Crippen LogP contribution in [0, 0.1) is 5.92 Å². The molecule has 0 atom stereocenters. The number of carbonyl (C=O) groups excluding carboxylic acids is 2. The van der Waals surface area contributed by atoms with Gasteiger partial charge >= 0.3 is 0 Å². The number of nitrogens with one attached hydrogen (secondary N) is 1. The standard InChI is InChI=1S/C26H27BrClN3O3/c1-16(2)26(33)31-13-11-30(12-14-31)23-20(28)9-6-10-21(23)29-25(32)19-15-17-7-4-5-8-18(17)22(27)24(19)34-3/h4-10,15-16H,11-14H2,1-3H3,(H,29,32). The van der Waals surface area contributed by atoms with Crippen molar-refractivity contribution in [2.24, 2.45) is 5.92 Å². The van der Waals surface area contributed by atoms with Crippen LogP contribution in [0.25, 0.3) is 10.8 Å². The number of amides is 2. The third-order valence-electron chi connectivity index (χ3n) is 6.03. The third kappa shape index (κ3) is 4.72. The molecule has 1 aliphatic rings. The first-order chi connectivity index (χ1) is 16.3. The van der Waals surface area contributed by atoms with Gasteiger partial charge in [-0.3, -0.25) is 9.59 Å². The van der Waals surface area contributed by atoms with Gasteiger partial charge in [-0.2, -0.15) is 0 Å². The molecule has 0 aromatic heterocycles. The van der Waals surface area contributed by atoms with Crippen LogP contribution in [0.4, 0.5) is 11.4 Å². The van der Waals surface area contributed by atoms with Crippen LogP contribution in [0.2, 0.25) is 5.02 Å². The summed E-state index contributed by atoms with van der Waals surface area (Å²) in [6.45, 7) is 6.32.